The molecule has 2 unspecified atom stereocenters. The first-order chi connectivity index (χ1) is 12.7. The number of carbonyl (C=O) groups is 2. The second-order valence-corrected chi connectivity index (χ2v) is 6.94. The lowest BCUT2D eigenvalue weighted by Gasteiger charge is -2.38. The Kier molecular flexibility index (Phi) is 6.92. The van der Waals surface area contributed by atoms with E-state index in [9.17, 15) is 14.7 Å². The van der Waals surface area contributed by atoms with Gasteiger partial charge in [0, 0.05) is 12.5 Å². The number of allylic oxidation sites excluding steroid dienone is 4. The van der Waals surface area contributed by atoms with Crippen LogP contribution >= 0.6 is 0 Å². The van der Waals surface area contributed by atoms with Crippen molar-refractivity contribution in [3.05, 3.63) is 35.1 Å². The van der Waals surface area contributed by atoms with Crippen LogP contribution in [0.1, 0.15) is 52.9 Å². The van der Waals surface area contributed by atoms with Gasteiger partial charge < -0.3 is 15.2 Å². The zero-order valence-corrected chi connectivity index (χ0v) is 15.9. The molecule has 0 radical (unpaired) electrons. The molecule has 0 heterocycles. The highest BCUT2D eigenvalue weighted by Crippen LogP contribution is 2.45. The lowest BCUT2D eigenvalue weighted by atomic mass is 9.76. The van der Waals surface area contributed by atoms with Gasteiger partial charge in [0.15, 0.2) is 0 Å². The van der Waals surface area contributed by atoms with Gasteiger partial charge in [-0.25, -0.2) is 4.79 Å². The second-order valence-electron chi connectivity index (χ2n) is 6.94. The predicted octanol–water partition coefficient (Wildman–Crippen LogP) is 3.97. The molecular weight excluding hydrogens is 356 g/mol. The third kappa shape index (κ3) is 4.64. The van der Waals surface area contributed by atoms with Gasteiger partial charge in [0.25, 0.3) is 5.92 Å². The van der Waals surface area contributed by atoms with Crippen molar-refractivity contribution in [1.82, 2.24) is 5.32 Å². The Balaban J connectivity index is 2.47. The zero-order valence-electron chi connectivity index (χ0n) is 15.9. The highest BCUT2D eigenvalue weighted by atomic mass is 19.3. The van der Waals surface area contributed by atoms with Crippen LogP contribution in [-0.2, 0) is 14.3 Å². The maximum atomic E-state index is 15.2. The van der Waals surface area contributed by atoms with Crippen LogP contribution in [0.4, 0.5) is 8.78 Å². The molecule has 150 valence electrons. The van der Waals surface area contributed by atoms with Crippen molar-refractivity contribution < 1.29 is 28.2 Å². The highest BCUT2D eigenvalue weighted by molar-refractivity contribution is 5.88. The Morgan fingerprint density at radius 2 is 2.04 bits per heavy atom. The minimum Gasteiger partial charge on any atom is -0.478 e. The largest absolute Gasteiger partial charge is 0.478 e. The lowest BCUT2D eigenvalue weighted by molar-refractivity contribution is -0.133. The van der Waals surface area contributed by atoms with Crippen LogP contribution in [-0.4, -0.2) is 35.1 Å². The van der Waals surface area contributed by atoms with Gasteiger partial charge in [0.1, 0.15) is 0 Å². The van der Waals surface area contributed by atoms with Gasteiger partial charge in [0.05, 0.1) is 23.8 Å². The van der Waals surface area contributed by atoms with Gasteiger partial charge in [-0.05, 0) is 43.8 Å². The molecule has 0 aromatic heterocycles. The summed E-state index contributed by atoms with van der Waals surface area (Å²) in [5.74, 6) is -6.68. The number of carboxylic acid groups (broad SMARTS) is 1. The fourth-order valence-electron chi connectivity index (χ4n) is 3.71. The molecule has 0 aromatic rings. The van der Waals surface area contributed by atoms with Crippen LogP contribution in [0.15, 0.2) is 35.1 Å². The van der Waals surface area contributed by atoms with Gasteiger partial charge in [-0.3, -0.25) is 4.79 Å². The normalized spacial score (nSPS) is 24.7. The molecule has 2 aliphatic rings. The van der Waals surface area contributed by atoms with Crippen LogP contribution < -0.4 is 5.32 Å². The van der Waals surface area contributed by atoms with Crippen molar-refractivity contribution in [3.63, 3.8) is 0 Å². The molecule has 2 atom stereocenters. The van der Waals surface area contributed by atoms with E-state index in [4.69, 9.17) is 4.74 Å². The molecule has 0 spiro atoms. The number of ether oxygens (including phenoxy) is 1. The third-order valence-corrected chi connectivity index (χ3v) is 5.08. The molecule has 7 heteroatoms. The van der Waals surface area contributed by atoms with E-state index in [1.54, 1.807) is 0 Å². The van der Waals surface area contributed by atoms with Gasteiger partial charge in [-0.2, -0.15) is 8.78 Å². The zero-order chi connectivity index (χ0) is 20.2. The number of rotatable bonds is 7. The molecular formula is C20H27F2NO4. The van der Waals surface area contributed by atoms with E-state index >= 15 is 8.78 Å². The van der Waals surface area contributed by atoms with Gasteiger partial charge in [0.2, 0.25) is 5.91 Å². The van der Waals surface area contributed by atoms with Crippen molar-refractivity contribution in [3.8, 4) is 0 Å². The quantitative estimate of drug-likeness (QED) is 0.698. The van der Waals surface area contributed by atoms with E-state index < -0.39 is 35.5 Å². The molecule has 0 aromatic carbocycles. The van der Waals surface area contributed by atoms with Crippen molar-refractivity contribution in [2.45, 2.75) is 71.0 Å². The molecule has 2 N–H and O–H groups in total. The first kappa shape index (κ1) is 21.3. The Morgan fingerprint density at radius 1 is 1.37 bits per heavy atom. The standard InChI is InChI=1S/C20H27F2NO4/c1-4-13(5-2)27-16-10-6-8-14(19(25)26)18(16)15-9-7-11-17(20(15,21)22)23-12(3)24/h7,9,11,13,15-16H,4-6,8,10H2,1-3H3,(H,23,24)(H,25,26). The molecule has 2 rings (SSSR count). The molecule has 0 saturated heterocycles. The molecule has 0 aliphatic heterocycles. The average Bonchev–Trinajstić information content (AvgIpc) is 2.60. The van der Waals surface area contributed by atoms with E-state index in [0.717, 1.165) is 25.8 Å². The van der Waals surface area contributed by atoms with Crippen LogP contribution in [0, 0.1) is 5.92 Å². The summed E-state index contributed by atoms with van der Waals surface area (Å²) in [5, 5.41) is 11.8. The lowest BCUT2D eigenvalue weighted by Crippen LogP contribution is -2.44. The number of hydrogen-bond acceptors (Lipinski definition) is 3. The van der Waals surface area contributed by atoms with Crippen molar-refractivity contribution >= 4 is 11.9 Å². The van der Waals surface area contributed by atoms with Crippen LogP contribution in [0.5, 0.6) is 0 Å². The SMILES string of the molecule is CCC(CC)OC1CCCC(C(=O)O)=C1C1C=CC=C(NC(C)=O)C1(F)F. The smallest absolute Gasteiger partial charge is 0.331 e. The van der Waals surface area contributed by atoms with Crippen molar-refractivity contribution in [1.29, 1.82) is 0 Å². The molecule has 5 nitrogen and oxygen atoms in total. The predicted molar refractivity (Wildman–Crippen MR) is 97.2 cm³/mol. The number of carboxylic acids is 1. The first-order valence-electron chi connectivity index (χ1n) is 9.38. The Labute approximate surface area is 158 Å². The first-order valence-corrected chi connectivity index (χ1v) is 9.38. The Morgan fingerprint density at radius 3 is 2.59 bits per heavy atom. The molecule has 0 fully saturated rings. The molecule has 27 heavy (non-hydrogen) atoms. The fourth-order valence-corrected chi connectivity index (χ4v) is 3.71. The minimum absolute atomic E-state index is 0.00407. The van der Waals surface area contributed by atoms with Crippen molar-refractivity contribution in [2.24, 2.45) is 5.92 Å². The van der Waals surface area contributed by atoms with Crippen LogP contribution in [0.25, 0.3) is 0 Å². The molecule has 0 bridgehead atoms. The Hall–Kier alpha value is -2.02. The van der Waals surface area contributed by atoms with Crippen LogP contribution in [0.3, 0.4) is 0 Å². The summed E-state index contributed by atoms with van der Waals surface area (Å²) in [6, 6.07) is 0. The third-order valence-electron chi connectivity index (χ3n) is 5.08. The van der Waals surface area contributed by atoms with Gasteiger partial charge in [-0.1, -0.05) is 26.0 Å². The summed E-state index contributed by atoms with van der Waals surface area (Å²) in [6.07, 6.45) is 5.84. The number of amides is 1. The maximum absolute atomic E-state index is 15.2. The van der Waals surface area contributed by atoms with Crippen molar-refractivity contribution in [2.75, 3.05) is 0 Å². The number of alkyl halides is 2. The summed E-state index contributed by atoms with van der Waals surface area (Å²) in [5.41, 5.74) is -0.403. The monoisotopic (exact) mass is 383 g/mol. The molecule has 2 aliphatic carbocycles. The summed E-state index contributed by atoms with van der Waals surface area (Å²) in [6.45, 7) is 5.06. The number of aliphatic carboxylic acids is 1. The number of carbonyl (C=O) groups excluding carboxylic acids is 1. The average molecular weight is 383 g/mol. The second kappa shape index (κ2) is 8.78. The number of halogens is 2. The highest BCUT2D eigenvalue weighted by Gasteiger charge is 2.49. The number of nitrogens with one attached hydrogen (secondary N) is 1. The molecule has 1 amide bonds. The van der Waals surface area contributed by atoms with E-state index in [0.29, 0.717) is 12.8 Å². The fraction of sp³-hybridized carbons (Fsp3) is 0.600. The summed E-state index contributed by atoms with van der Waals surface area (Å²) < 4.78 is 36.4. The Bertz CT molecular complexity index is 677. The molecule has 0 saturated carbocycles. The van der Waals surface area contributed by atoms with Crippen LogP contribution in [0.2, 0.25) is 0 Å². The minimum atomic E-state index is -3.43. The van der Waals surface area contributed by atoms with E-state index in [2.05, 4.69) is 5.32 Å². The van der Waals surface area contributed by atoms with Gasteiger partial charge in [-0.15, -0.1) is 0 Å². The topological polar surface area (TPSA) is 75.6 Å². The summed E-state index contributed by atoms with van der Waals surface area (Å²) in [4.78, 5) is 23.1. The summed E-state index contributed by atoms with van der Waals surface area (Å²) in [7, 11) is 0. The van der Waals surface area contributed by atoms with E-state index in [1.807, 2.05) is 13.8 Å². The summed E-state index contributed by atoms with van der Waals surface area (Å²) >= 11 is 0. The maximum Gasteiger partial charge on any atom is 0.331 e. The van der Waals surface area contributed by atoms with E-state index in [1.165, 1.54) is 12.2 Å². The van der Waals surface area contributed by atoms with E-state index in [-0.39, 0.29) is 23.7 Å². The number of hydrogen-bond donors (Lipinski definition) is 2. The van der Waals surface area contributed by atoms with Gasteiger partial charge >= 0.3 is 5.97 Å².